The van der Waals surface area contributed by atoms with Crippen LogP contribution >= 0.6 is 0 Å². The summed E-state index contributed by atoms with van der Waals surface area (Å²) in [5, 5.41) is 0. The van der Waals surface area contributed by atoms with E-state index in [-0.39, 0.29) is 11.5 Å². The maximum absolute atomic E-state index is 13.8. The van der Waals surface area contributed by atoms with Crippen LogP contribution in [0.5, 0.6) is 11.8 Å². The molecule has 0 atom stereocenters. The number of nitrogens with zero attached hydrogens (tertiary/aromatic N) is 5. The highest BCUT2D eigenvalue weighted by molar-refractivity contribution is 5.62. The summed E-state index contributed by atoms with van der Waals surface area (Å²) in [6, 6.07) is 15.6. The molecule has 180 valence electrons. The first-order valence-corrected chi connectivity index (χ1v) is 11.6. The summed E-state index contributed by atoms with van der Waals surface area (Å²) >= 11 is 0. The second-order valence-corrected chi connectivity index (χ2v) is 8.16. The standard InChI is InChI=1S/C27H29N5O3/c1-5-6-12-23-22(15-21-14-13-20(17-28-21)19-10-8-7-9-11-19)26(33)32(18(2)29-23)27-30-24(34-3)16-25(31-27)35-4/h7-11,13-14,16-17H,5-6,12,15H2,1-4H3. The van der Waals surface area contributed by atoms with E-state index in [1.165, 1.54) is 18.8 Å². The number of rotatable bonds is 9. The van der Waals surface area contributed by atoms with E-state index in [4.69, 9.17) is 14.5 Å². The molecule has 3 heterocycles. The highest BCUT2D eigenvalue weighted by Crippen LogP contribution is 2.21. The molecule has 4 rings (SSSR count). The molecule has 0 fully saturated rings. The lowest BCUT2D eigenvalue weighted by Gasteiger charge is -2.15. The molecule has 0 saturated heterocycles. The summed E-state index contributed by atoms with van der Waals surface area (Å²) in [7, 11) is 3.01. The molecule has 0 bridgehead atoms. The van der Waals surface area contributed by atoms with Gasteiger partial charge in [-0.1, -0.05) is 49.7 Å². The maximum atomic E-state index is 13.8. The Morgan fingerprint density at radius 1 is 0.914 bits per heavy atom. The van der Waals surface area contributed by atoms with Crippen LogP contribution in [0.15, 0.2) is 59.5 Å². The van der Waals surface area contributed by atoms with Crippen molar-refractivity contribution >= 4 is 0 Å². The van der Waals surface area contributed by atoms with E-state index in [0.29, 0.717) is 36.0 Å². The number of hydrogen-bond acceptors (Lipinski definition) is 7. The van der Waals surface area contributed by atoms with Crippen molar-refractivity contribution in [3.8, 4) is 28.8 Å². The molecule has 0 aliphatic rings. The Balaban J connectivity index is 1.77. The zero-order chi connectivity index (χ0) is 24.8. The van der Waals surface area contributed by atoms with Crippen molar-refractivity contribution in [3.05, 3.63) is 87.9 Å². The SMILES string of the molecule is CCCCc1nc(C)n(-c2nc(OC)cc(OC)n2)c(=O)c1Cc1ccc(-c2ccccc2)cn1. The second-order valence-electron chi connectivity index (χ2n) is 8.16. The number of unbranched alkanes of at least 4 members (excludes halogenated alkanes) is 1. The van der Waals surface area contributed by atoms with E-state index < -0.39 is 0 Å². The Morgan fingerprint density at radius 2 is 1.63 bits per heavy atom. The molecular formula is C27H29N5O3. The number of aryl methyl sites for hydroxylation is 2. The van der Waals surface area contributed by atoms with Crippen LogP contribution in [0.1, 0.15) is 42.5 Å². The molecule has 0 spiro atoms. The fourth-order valence-electron chi connectivity index (χ4n) is 3.90. The predicted octanol–water partition coefficient (Wildman–Crippen LogP) is 4.34. The lowest BCUT2D eigenvalue weighted by atomic mass is 10.0. The minimum Gasteiger partial charge on any atom is -0.481 e. The fraction of sp³-hybridized carbons (Fsp3) is 0.296. The minimum absolute atomic E-state index is 0.159. The molecule has 3 aromatic heterocycles. The second kappa shape index (κ2) is 10.9. The van der Waals surface area contributed by atoms with E-state index in [9.17, 15) is 4.79 Å². The third-order valence-corrected chi connectivity index (χ3v) is 5.77. The van der Waals surface area contributed by atoms with Gasteiger partial charge in [-0.25, -0.2) is 9.55 Å². The molecule has 0 saturated carbocycles. The van der Waals surface area contributed by atoms with Gasteiger partial charge in [0.1, 0.15) is 5.82 Å². The lowest BCUT2D eigenvalue weighted by Crippen LogP contribution is -2.30. The first-order chi connectivity index (χ1) is 17.0. The van der Waals surface area contributed by atoms with Gasteiger partial charge in [-0.15, -0.1) is 0 Å². The first kappa shape index (κ1) is 24.1. The van der Waals surface area contributed by atoms with E-state index in [1.807, 2.05) is 48.7 Å². The summed E-state index contributed by atoms with van der Waals surface area (Å²) in [6.45, 7) is 3.90. The summed E-state index contributed by atoms with van der Waals surface area (Å²) < 4.78 is 12.0. The zero-order valence-electron chi connectivity index (χ0n) is 20.5. The molecule has 0 unspecified atom stereocenters. The monoisotopic (exact) mass is 471 g/mol. The smallest absolute Gasteiger partial charge is 0.264 e. The van der Waals surface area contributed by atoms with Crippen LogP contribution in [0.25, 0.3) is 17.1 Å². The van der Waals surface area contributed by atoms with Crippen molar-refractivity contribution in [1.82, 2.24) is 24.5 Å². The van der Waals surface area contributed by atoms with Crippen LogP contribution in [-0.4, -0.2) is 38.7 Å². The fourth-order valence-corrected chi connectivity index (χ4v) is 3.90. The Morgan fingerprint density at radius 3 is 2.23 bits per heavy atom. The summed E-state index contributed by atoms with van der Waals surface area (Å²) in [6.07, 6.45) is 4.86. The zero-order valence-corrected chi connectivity index (χ0v) is 20.5. The Bertz CT molecular complexity index is 1330. The minimum atomic E-state index is -0.215. The highest BCUT2D eigenvalue weighted by Gasteiger charge is 2.19. The molecule has 0 N–H and O–H groups in total. The number of aromatic nitrogens is 5. The van der Waals surface area contributed by atoms with Gasteiger partial charge in [0.15, 0.2) is 0 Å². The molecule has 0 aliphatic heterocycles. The van der Waals surface area contributed by atoms with E-state index in [1.54, 1.807) is 13.0 Å². The van der Waals surface area contributed by atoms with Crippen molar-refractivity contribution in [1.29, 1.82) is 0 Å². The first-order valence-electron chi connectivity index (χ1n) is 11.6. The highest BCUT2D eigenvalue weighted by atomic mass is 16.5. The van der Waals surface area contributed by atoms with Gasteiger partial charge >= 0.3 is 0 Å². The van der Waals surface area contributed by atoms with Crippen LogP contribution in [0, 0.1) is 6.92 Å². The van der Waals surface area contributed by atoms with Gasteiger partial charge < -0.3 is 9.47 Å². The van der Waals surface area contributed by atoms with Crippen molar-refractivity contribution in [2.24, 2.45) is 0 Å². The predicted molar refractivity (Wildman–Crippen MR) is 134 cm³/mol. The summed E-state index contributed by atoms with van der Waals surface area (Å²) in [5.74, 6) is 1.26. The van der Waals surface area contributed by atoms with E-state index in [2.05, 4.69) is 21.9 Å². The van der Waals surface area contributed by atoms with Crippen LogP contribution in [0.3, 0.4) is 0 Å². The molecule has 8 nitrogen and oxygen atoms in total. The van der Waals surface area contributed by atoms with Crippen LogP contribution < -0.4 is 15.0 Å². The molecule has 8 heteroatoms. The largest absolute Gasteiger partial charge is 0.481 e. The number of hydrogen-bond donors (Lipinski definition) is 0. The molecule has 4 aromatic rings. The van der Waals surface area contributed by atoms with Gasteiger partial charge in [0, 0.05) is 29.4 Å². The topological polar surface area (TPSA) is 92.0 Å². The maximum Gasteiger partial charge on any atom is 0.264 e. The number of ether oxygens (including phenoxy) is 2. The molecule has 1 aromatic carbocycles. The van der Waals surface area contributed by atoms with Crippen molar-refractivity contribution in [2.75, 3.05) is 14.2 Å². The average molecular weight is 472 g/mol. The molecular weight excluding hydrogens is 442 g/mol. The molecule has 35 heavy (non-hydrogen) atoms. The van der Waals surface area contributed by atoms with Crippen LogP contribution in [-0.2, 0) is 12.8 Å². The van der Waals surface area contributed by atoms with Crippen LogP contribution in [0.4, 0.5) is 0 Å². The Hall–Kier alpha value is -4.07. The van der Waals surface area contributed by atoms with Gasteiger partial charge in [0.2, 0.25) is 17.7 Å². The summed E-state index contributed by atoms with van der Waals surface area (Å²) in [4.78, 5) is 32.0. The average Bonchev–Trinajstić information content (AvgIpc) is 2.90. The van der Waals surface area contributed by atoms with Gasteiger partial charge in [-0.3, -0.25) is 9.78 Å². The van der Waals surface area contributed by atoms with Crippen molar-refractivity contribution in [3.63, 3.8) is 0 Å². The van der Waals surface area contributed by atoms with Gasteiger partial charge in [-0.05, 0) is 31.4 Å². The molecule has 0 amide bonds. The Kier molecular flexibility index (Phi) is 7.50. The number of pyridine rings is 1. The van der Waals surface area contributed by atoms with Crippen molar-refractivity contribution < 1.29 is 9.47 Å². The quantitative estimate of drug-likeness (QED) is 0.358. The third kappa shape index (κ3) is 5.37. The van der Waals surface area contributed by atoms with Crippen molar-refractivity contribution in [2.45, 2.75) is 39.5 Å². The lowest BCUT2D eigenvalue weighted by molar-refractivity contribution is 0.370. The molecule has 0 aliphatic carbocycles. The van der Waals surface area contributed by atoms with E-state index in [0.717, 1.165) is 35.4 Å². The Labute approximate surface area is 204 Å². The van der Waals surface area contributed by atoms with Gasteiger partial charge in [0.25, 0.3) is 5.56 Å². The number of methoxy groups -OCH3 is 2. The normalized spacial score (nSPS) is 10.9. The van der Waals surface area contributed by atoms with E-state index >= 15 is 0 Å². The molecule has 0 radical (unpaired) electrons. The summed E-state index contributed by atoms with van der Waals surface area (Å²) in [5.41, 5.74) is 4.08. The number of benzene rings is 1. The van der Waals surface area contributed by atoms with Gasteiger partial charge in [0.05, 0.1) is 26.0 Å². The van der Waals surface area contributed by atoms with Crippen LogP contribution in [0.2, 0.25) is 0 Å². The van der Waals surface area contributed by atoms with Gasteiger partial charge in [-0.2, -0.15) is 9.97 Å². The third-order valence-electron chi connectivity index (χ3n) is 5.77.